The van der Waals surface area contributed by atoms with Gasteiger partial charge in [0.1, 0.15) is 5.75 Å². The van der Waals surface area contributed by atoms with Crippen molar-refractivity contribution in [2.24, 2.45) is 0 Å². The molecule has 1 aromatic rings. The Kier molecular flexibility index (Phi) is 3.89. The molecule has 5 heteroatoms. The molecule has 0 aromatic heterocycles. The molecule has 0 fully saturated rings. The van der Waals surface area contributed by atoms with Crippen LogP contribution in [0, 0.1) is 0 Å². The number of phenols is 1. The minimum absolute atomic E-state index is 0.157. The first-order valence-corrected chi connectivity index (χ1v) is 5.97. The van der Waals surface area contributed by atoms with E-state index in [4.69, 9.17) is 4.52 Å². The molecule has 0 amide bonds. The Morgan fingerprint density at radius 2 is 1.94 bits per heavy atom. The maximum absolute atomic E-state index is 11.2. The average molecular weight is 243 g/mol. The lowest BCUT2D eigenvalue weighted by molar-refractivity contribution is 0.345. The van der Waals surface area contributed by atoms with Crippen molar-refractivity contribution in [2.75, 3.05) is 7.11 Å². The van der Waals surface area contributed by atoms with Crippen molar-refractivity contribution >= 4 is 8.25 Å². The summed E-state index contributed by atoms with van der Waals surface area (Å²) in [5, 5.41) is 9.43. The van der Waals surface area contributed by atoms with Gasteiger partial charge < -0.3 is 5.11 Å². The third kappa shape index (κ3) is 3.19. The van der Waals surface area contributed by atoms with E-state index in [-0.39, 0.29) is 11.2 Å². The highest BCUT2D eigenvalue weighted by Crippen LogP contribution is 2.38. The zero-order chi connectivity index (χ0) is 12.3. The van der Waals surface area contributed by atoms with Crippen LogP contribution in [0.1, 0.15) is 26.3 Å². The first-order valence-electron chi connectivity index (χ1n) is 4.87. The summed E-state index contributed by atoms with van der Waals surface area (Å²) >= 11 is 0. The molecule has 1 N–H and O–H groups in total. The van der Waals surface area contributed by atoms with E-state index in [0.29, 0.717) is 5.75 Å². The van der Waals surface area contributed by atoms with Gasteiger partial charge in [-0.2, -0.15) is 0 Å². The van der Waals surface area contributed by atoms with E-state index in [2.05, 4.69) is 4.52 Å². The monoisotopic (exact) mass is 243 g/mol. The van der Waals surface area contributed by atoms with Crippen molar-refractivity contribution in [3.8, 4) is 11.5 Å². The van der Waals surface area contributed by atoms with Crippen molar-refractivity contribution in [1.82, 2.24) is 0 Å². The fourth-order valence-electron chi connectivity index (χ4n) is 1.30. The molecular weight excluding hydrogens is 227 g/mol. The SMILES string of the molecule is CO[P+](=O)Oc1ccc(O)cc1C(C)(C)C. The summed E-state index contributed by atoms with van der Waals surface area (Å²) in [5.74, 6) is 0.623. The summed E-state index contributed by atoms with van der Waals surface area (Å²) in [5.41, 5.74) is 0.575. The predicted molar refractivity (Wildman–Crippen MR) is 62.1 cm³/mol. The summed E-state index contributed by atoms with van der Waals surface area (Å²) in [7, 11) is -0.844. The Labute approximate surface area is 96.2 Å². The fraction of sp³-hybridized carbons (Fsp3) is 0.455. The van der Waals surface area contributed by atoms with E-state index in [1.165, 1.54) is 13.2 Å². The molecule has 0 saturated carbocycles. The molecule has 1 atom stereocenters. The second-order valence-corrected chi connectivity index (χ2v) is 5.42. The quantitative estimate of drug-likeness (QED) is 0.827. The maximum Gasteiger partial charge on any atom is 0.749 e. The lowest BCUT2D eigenvalue weighted by Crippen LogP contribution is -2.12. The van der Waals surface area contributed by atoms with Crippen molar-refractivity contribution in [3.63, 3.8) is 0 Å². The van der Waals surface area contributed by atoms with Crippen LogP contribution < -0.4 is 4.52 Å². The van der Waals surface area contributed by atoms with Crippen LogP contribution in [0.25, 0.3) is 0 Å². The Balaban J connectivity index is 3.13. The normalized spacial score (nSPS) is 12.4. The van der Waals surface area contributed by atoms with Gasteiger partial charge in [-0.25, -0.2) is 4.52 Å². The molecule has 88 valence electrons. The van der Waals surface area contributed by atoms with Crippen LogP contribution in [-0.2, 0) is 14.5 Å². The van der Waals surface area contributed by atoms with Crippen LogP contribution in [0.5, 0.6) is 11.5 Å². The number of aromatic hydroxyl groups is 1. The molecule has 0 heterocycles. The van der Waals surface area contributed by atoms with Gasteiger partial charge in [-0.05, 0) is 23.6 Å². The molecule has 16 heavy (non-hydrogen) atoms. The number of benzene rings is 1. The molecule has 0 spiro atoms. The van der Waals surface area contributed by atoms with Crippen molar-refractivity contribution in [1.29, 1.82) is 0 Å². The number of hydrogen-bond acceptors (Lipinski definition) is 4. The highest BCUT2D eigenvalue weighted by Gasteiger charge is 2.26. The maximum atomic E-state index is 11.2. The minimum atomic E-state index is -2.16. The molecule has 0 aliphatic heterocycles. The van der Waals surface area contributed by atoms with Crippen molar-refractivity contribution in [2.45, 2.75) is 26.2 Å². The molecule has 1 aromatic carbocycles. The topological polar surface area (TPSA) is 55.8 Å². The molecule has 1 unspecified atom stereocenters. The number of phenolic OH excluding ortho intramolecular Hbond substituents is 1. The van der Waals surface area contributed by atoms with E-state index in [1.54, 1.807) is 12.1 Å². The molecule has 4 nitrogen and oxygen atoms in total. The van der Waals surface area contributed by atoms with Gasteiger partial charge >= 0.3 is 8.25 Å². The second kappa shape index (κ2) is 4.81. The van der Waals surface area contributed by atoms with Crippen molar-refractivity contribution in [3.05, 3.63) is 23.8 Å². The second-order valence-electron chi connectivity index (χ2n) is 4.43. The standard InChI is InChI=1S/C11H15O4P/c1-11(2,3)9-7-8(12)5-6-10(9)15-16(13)14-4/h5-7H,1-4H3/p+1. The zero-order valence-corrected chi connectivity index (χ0v) is 10.7. The Morgan fingerprint density at radius 3 is 2.44 bits per heavy atom. The lowest BCUT2D eigenvalue weighted by atomic mass is 9.86. The van der Waals surface area contributed by atoms with Gasteiger partial charge in [0, 0.05) is 10.1 Å². The molecule has 0 aliphatic rings. The Hall–Kier alpha value is -1.12. The lowest BCUT2D eigenvalue weighted by Gasteiger charge is -2.20. The van der Waals surface area contributed by atoms with E-state index in [9.17, 15) is 9.67 Å². The molecular formula is C11H16O4P+. The van der Waals surface area contributed by atoms with Crippen LogP contribution in [-0.4, -0.2) is 12.2 Å². The largest absolute Gasteiger partial charge is 0.749 e. The van der Waals surface area contributed by atoms with Gasteiger partial charge in [-0.15, -0.1) is 4.52 Å². The summed E-state index contributed by atoms with van der Waals surface area (Å²) in [6.45, 7) is 5.94. The van der Waals surface area contributed by atoms with Gasteiger partial charge in [0.2, 0.25) is 0 Å². The van der Waals surface area contributed by atoms with Gasteiger partial charge in [0.15, 0.2) is 5.75 Å². The van der Waals surface area contributed by atoms with Crippen LogP contribution >= 0.6 is 8.25 Å². The smallest absolute Gasteiger partial charge is 0.508 e. The molecule has 1 rings (SSSR count). The summed E-state index contributed by atoms with van der Waals surface area (Å²) in [4.78, 5) is 0. The highest BCUT2D eigenvalue weighted by molar-refractivity contribution is 7.33. The zero-order valence-electron chi connectivity index (χ0n) is 9.85. The summed E-state index contributed by atoms with van der Waals surface area (Å²) < 4.78 is 20.9. The molecule has 0 saturated heterocycles. The average Bonchev–Trinajstić information content (AvgIpc) is 2.19. The molecule has 0 aliphatic carbocycles. The fourth-order valence-corrected chi connectivity index (χ4v) is 1.70. The summed E-state index contributed by atoms with van der Waals surface area (Å²) in [6.07, 6.45) is 0. The molecule has 0 radical (unpaired) electrons. The Bertz CT molecular complexity index is 395. The number of hydrogen-bond donors (Lipinski definition) is 1. The summed E-state index contributed by atoms with van der Waals surface area (Å²) in [6, 6.07) is 4.68. The van der Waals surface area contributed by atoms with Gasteiger partial charge in [0.05, 0.1) is 7.11 Å². The van der Waals surface area contributed by atoms with Crippen LogP contribution in [0.4, 0.5) is 0 Å². The first-order chi connectivity index (χ1) is 7.34. The first kappa shape index (κ1) is 12.9. The third-order valence-electron chi connectivity index (χ3n) is 2.09. The molecule has 0 bridgehead atoms. The van der Waals surface area contributed by atoms with E-state index >= 15 is 0 Å². The Morgan fingerprint density at radius 1 is 1.31 bits per heavy atom. The van der Waals surface area contributed by atoms with E-state index < -0.39 is 8.25 Å². The highest BCUT2D eigenvalue weighted by atomic mass is 31.1. The van der Waals surface area contributed by atoms with Gasteiger partial charge in [0.25, 0.3) is 0 Å². The minimum Gasteiger partial charge on any atom is -0.508 e. The van der Waals surface area contributed by atoms with Crippen LogP contribution in [0.3, 0.4) is 0 Å². The van der Waals surface area contributed by atoms with Gasteiger partial charge in [-0.1, -0.05) is 20.8 Å². The van der Waals surface area contributed by atoms with E-state index in [1.807, 2.05) is 20.8 Å². The van der Waals surface area contributed by atoms with Gasteiger partial charge in [-0.3, -0.25) is 0 Å². The third-order valence-corrected chi connectivity index (χ3v) is 2.74. The van der Waals surface area contributed by atoms with E-state index in [0.717, 1.165) is 5.56 Å². The number of rotatable bonds is 3. The van der Waals surface area contributed by atoms with Crippen LogP contribution in [0.15, 0.2) is 18.2 Å². The van der Waals surface area contributed by atoms with Crippen LogP contribution in [0.2, 0.25) is 0 Å². The predicted octanol–water partition coefficient (Wildman–Crippen LogP) is 3.37. The van der Waals surface area contributed by atoms with Crippen molar-refractivity contribution < 1.29 is 18.7 Å².